The fourth-order valence-electron chi connectivity index (χ4n) is 2.84. The Morgan fingerprint density at radius 2 is 2.00 bits per heavy atom. The molecule has 0 spiro atoms. The molecule has 1 fully saturated rings. The number of hydrogen-bond donors (Lipinski definition) is 0. The van der Waals surface area contributed by atoms with Gasteiger partial charge in [-0.2, -0.15) is 0 Å². The van der Waals surface area contributed by atoms with E-state index in [-0.39, 0.29) is 17.3 Å². The Labute approximate surface area is 154 Å². The normalized spacial score (nSPS) is 17.3. The lowest BCUT2D eigenvalue weighted by Gasteiger charge is -2.15. The molecule has 0 aromatic carbocycles. The van der Waals surface area contributed by atoms with Crippen LogP contribution < -0.4 is 11.2 Å². The number of hydrogen-bond acceptors (Lipinski definition) is 7. The zero-order chi connectivity index (χ0) is 19.0. The van der Waals surface area contributed by atoms with Crippen LogP contribution in [0.1, 0.15) is 45.4 Å². The molecule has 0 radical (unpaired) electrons. The average molecular weight is 378 g/mol. The molecule has 0 aliphatic carbocycles. The second-order valence-electron chi connectivity index (χ2n) is 6.60. The van der Waals surface area contributed by atoms with Crippen LogP contribution in [0.3, 0.4) is 0 Å². The van der Waals surface area contributed by atoms with Crippen LogP contribution in [0, 0.1) is 0 Å². The Kier molecular flexibility index (Phi) is 5.17. The van der Waals surface area contributed by atoms with Crippen molar-refractivity contribution in [3.63, 3.8) is 0 Å². The smallest absolute Gasteiger partial charge is 0.332 e. The average Bonchev–Trinajstić information content (AvgIpc) is 3.01. The van der Waals surface area contributed by atoms with Crippen LogP contribution in [0.5, 0.6) is 0 Å². The van der Waals surface area contributed by atoms with Gasteiger partial charge in [0.05, 0.1) is 6.61 Å². The predicted octanol–water partition coefficient (Wildman–Crippen LogP) is 1.43. The summed E-state index contributed by atoms with van der Waals surface area (Å²) in [4.78, 5) is 46.3. The van der Waals surface area contributed by atoms with Crippen LogP contribution in [0.4, 0.5) is 0 Å². The van der Waals surface area contributed by atoms with E-state index < -0.39 is 16.5 Å². The van der Waals surface area contributed by atoms with Crippen molar-refractivity contribution in [1.82, 2.24) is 19.1 Å². The minimum absolute atomic E-state index is 0.0171. The van der Waals surface area contributed by atoms with Gasteiger partial charge < -0.3 is 4.74 Å². The molecule has 9 heteroatoms. The van der Waals surface area contributed by atoms with Crippen molar-refractivity contribution in [2.24, 2.45) is 7.05 Å². The molecule has 0 amide bonds. The minimum atomic E-state index is -0.443. The Balaban J connectivity index is 2.32. The molecular weight excluding hydrogens is 356 g/mol. The van der Waals surface area contributed by atoms with Gasteiger partial charge in [0, 0.05) is 25.9 Å². The maximum Gasteiger partial charge on any atom is 0.332 e. The molecule has 3 heterocycles. The molecule has 2 aromatic heterocycles. The summed E-state index contributed by atoms with van der Waals surface area (Å²) in [6.45, 7) is 6.67. The van der Waals surface area contributed by atoms with Gasteiger partial charge in [-0.25, -0.2) is 14.8 Å². The van der Waals surface area contributed by atoms with E-state index in [1.54, 1.807) is 0 Å². The fourth-order valence-corrected chi connectivity index (χ4v) is 3.93. The quantitative estimate of drug-likeness (QED) is 0.573. The third-order valence-electron chi connectivity index (χ3n) is 4.27. The number of aromatic nitrogens is 4. The number of ether oxygens (including phenoxy) is 1. The van der Waals surface area contributed by atoms with E-state index in [0.29, 0.717) is 36.1 Å². The van der Waals surface area contributed by atoms with Crippen LogP contribution in [-0.2, 0) is 23.1 Å². The van der Waals surface area contributed by atoms with Crippen LogP contribution in [0.2, 0.25) is 0 Å². The first-order valence-electron chi connectivity index (χ1n) is 8.69. The summed E-state index contributed by atoms with van der Waals surface area (Å²) in [5.74, 6) is 0.263. The number of fused-ring (bicyclic) bond motifs is 1. The van der Waals surface area contributed by atoms with Crippen molar-refractivity contribution in [2.75, 3.05) is 6.61 Å². The third kappa shape index (κ3) is 3.15. The molecule has 26 heavy (non-hydrogen) atoms. The van der Waals surface area contributed by atoms with Crippen LogP contribution in [0.15, 0.2) is 14.6 Å². The number of nitrogens with zero attached hydrogens (tertiary/aromatic N) is 4. The highest BCUT2D eigenvalue weighted by atomic mass is 32.2. The number of carbonyl (C=O) groups is 1. The van der Waals surface area contributed by atoms with E-state index in [1.165, 1.54) is 23.4 Å². The summed E-state index contributed by atoms with van der Waals surface area (Å²) in [5.41, 5.74) is -0.497. The molecule has 2 aromatic rings. The highest BCUT2D eigenvalue weighted by Crippen LogP contribution is 2.32. The van der Waals surface area contributed by atoms with Gasteiger partial charge in [0.15, 0.2) is 5.65 Å². The zero-order valence-corrected chi connectivity index (χ0v) is 16.1. The van der Waals surface area contributed by atoms with Crippen molar-refractivity contribution in [2.45, 2.75) is 56.4 Å². The van der Waals surface area contributed by atoms with E-state index in [9.17, 15) is 14.4 Å². The number of aryl methyl sites for hydroxylation is 1. The maximum atomic E-state index is 12.8. The summed E-state index contributed by atoms with van der Waals surface area (Å²) in [6.07, 6.45) is 1.30. The first-order chi connectivity index (χ1) is 12.3. The van der Waals surface area contributed by atoms with E-state index in [4.69, 9.17) is 4.74 Å². The van der Waals surface area contributed by atoms with Gasteiger partial charge in [0.2, 0.25) is 0 Å². The van der Waals surface area contributed by atoms with Crippen molar-refractivity contribution >= 4 is 28.8 Å². The molecule has 1 atom stereocenters. The van der Waals surface area contributed by atoms with Crippen molar-refractivity contribution in [3.8, 4) is 0 Å². The predicted molar refractivity (Wildman–Crippen MR) is 98.6 cm³/mol. The van der Waals surface area contributed by atoms with Gasteiger partial charge >= 0.3 is 11.7 Å². The van der Waals surface area contributed by atoms with Gasteiger partial charge in [0.1, 0.15) is 21.5 Å². The molecule has 0 N–H and O–H groups in total. The van der Waals surface area contributed by atoms with Gasteiger partial charge in [-0.15, -0.1) is 0 Å². The van der Waals surface area contributed by atoms with E-state index >= 15 is 0 Å². The second kappa shape index (κ2) is 7.22. The Morgan fingerprint density at radius 3 is 2.58 bits per heavy atom. The largest absolute Gasteiger partial charge is 0.465 e. The highest BCUT2D eigenvalue weighted by Gasteiger charge is 2.30. The molecule has 1 aliphatic rings. The monoisotopic (exact) mass is 378 g/mol. The first-order valence-corrected chi connectivity index (χ1v) is 9.57. The molecule has 1 saturated heterocycles. The standard InChI is InChI=1S/C17H22N4O4S/c1-5-7-21-13-11(15(22)20(4)17(21)24)14(19-12(18-13)9(2)3)26-10-6-8-25-16(10)23/h9-10H,5-8H2,1-4H3. The lowest BCUT2D eigenvalue weighted by Crippen LogP contribution is -2.39. The molecule has 3 rings (SSSR count). The summed E-state index contributed by atoms with van der Waals surface area (Å²) >= 11 is 1.22. The third-order valence-corrected chi connectivity index (χ3v) is 5.50. The number of cyclic esters (lactones) is 1. The van der Waals surface area contributed by atoms with Gasteiger partial charge in [-0.05, 0) is 6.42 Å². The number of rotatable bonds is 5. The number of carbonyl (C=O) groups excluding carboxylic acids is 1. The summed E-state index contributed by atoms with van der Waals surface area (Å²) < 4.78 is 7.61. The lowest BCUT2D eigenvalue weighted by atomic mass is 10.2. The number of esters is 1. The van der Waals surface area contributed by atoms with Crippen LogP contribution in [0.25, 0.3) is 11.0 Å². The number of thioether (sulfide) groups is 1. The van der Waals surface area contributed by atoms with E-state index in [0.717, 1.165) is 11.0 Å². The van der Waals surface area contributed by atoms with Crippen molar-refractivity contribution in [1.29, 1.82) is 0 Å². The summed E-state index contributed by atoms with van der Waals surface area (Å²) in [7, 11) is 1.45. The summed E-state index contributed by atoms with van der Waals surface area (Å²) in [5, 5.41) is 0.326. The van der Waals surface area contributed by atoms with Crippen molar-refractivity contribution < 1.29 is 9.53 Å². The van der Waals surface area contributed by atoms with E-state index in [2.05, 4.69) is 9.97 Å². The molecule has 140 valence electrons. The second-order valence-corrected chi connectivity index (χ2v) is 7.79. The van der Waals surface area contributed by atoms with Gasteiger partial charge in [0.25, 0.3) is 5.56 Å². The Bertz CT molecular complexity index is 979. The zero-order valence-electron chi connectivity index (χ0n) is 15.3. The topological polar surface area (TPSA) is 96.1 Å². The van der Waals surface area contributed by atoms with Crippen molar-refractivity contribution in [3.05, 3.63) is 26.7 Å². The molecule has 1 aliphatic heterocycles. The first kappa shape index (κ1) is 18.6. The van der Waals surface area contributed by atoms with E-state index in [1.807, 2.05) is 20.8 Å². The molecular formula is C17H22N4O4S. The summed E-state index contributed by atoms with van der Waals surface area (Å²) in [6, 6.07) is 0. The fraction of sp³-hybridized carbons (Fsp3) is 0.588. The highest BCUT2D eigenvalue weighted by molar-refractivity contribution is 8.00. The SMILES string of the molecule is CCCn1c(=O)n(C)c(=O)c2c(SC3CCOC3=O)nc(C(C)C)nc21. The Hall–Kier alpha value is -2.16. The molecule has 8 nitrogen and oxygen atoms in total. The Morgan fingerprint density at radius 1 is 1.27 bits per heavy atom. The lowest BCUT2D eigenvalue weighted by molar-refractivity contribution is -0.137. The maximum absolute atomic E-state index is 12.8. The van der Waals surface area contributed by atoms with Crippen LogP contribution >= 0.6 is 11.8 Å². The van der Waals surface area contributed by atoms with Gasteiger partial charge in [-0.1, -0.05) is 32.5 Å². The minimum Gasteiger partial charge on any atom is -0.465 e. The molecule has 0 saturated carbocycles. The van der Waals surface area contributed by atoms with Gasteiger partial charge in [-0.3, -0.25) is 18.7 Å². The van der Waals surface area contributed by atoms with Crippen LogP contribution in [-0.4, -0.2) is 36.9 Å². The molecule has 1 unspecified atom stereocenters. The molecule has 0 bridgehead atoms.